The van der Waals surface area contributed by atoms with Crippen molar-refractivity contribution >= 4 is 5.69 Å². The van der Waals surface area contributed by atoms with Crippen LogP contribution < -0.4 is 10.2 Å². The van der Waals surface area contributed by atoms with Crippen LogP contribution in [0.5, 0.6) is 0 Å². The van der Waals surface area contributed by atoms with Crippen LogP contribution in [0.15, 0.2) is 30.5 Å². The van der Waals surface area contributed by atoms with E-state index in [0.29, 0.717) is 6.04 Å². The Labute approximate surface area is 124 Å². The molecule has 3 nitrogen and oxygen atoms in total. The number of likely N-dealkylation sites (N-methyl/N-ethyl adjacent to an activating group) is 1. The molecular weight excluding hydrogens is 246 g/mol. The molecule has 1 unspecified atom stereocenters. The molecule has 0 radical (unpaired) electrons. The molecule has 0 spiro atoms. The molecule has 0 saturated heterocycles. The first-order valence-electron chi connectivity index (χ1n) is 7.70. The molecule has 0 saturated carbocycles. The molecule has 0 aliphatic heterocycles. The third-order valence-corrected chi connectivity index (χ3v) is 3.38. The Bertz CT molecular complexity index is 397. The van der Waals surface area contributed by atoms with E-state index in [1.807, 2.05) is 6.20 Å². The van der Waals surface area contributed by atoms with Gasteiger partial charge >= 0.3 is 0 Å². The lowest BCUT2D eigenvalue weighted by Crippen LogP contribution is -2.25. The van der Waals surface area contributed by atoms with Gasteiger partial charge in [-0.05, 0) is 45.4 Å². The molecule has 0 aliphatic carbocycles. The van der Waals surface area contributed by atoms with E-state index in [9.17, 15) is 0 Å². The Balaban J connectivity index is 2.77. The molecule has 1 rings (SSSR count). The van der Waals surface area contributed by atoms with Gasteiger partial charge < -0.3 is 10.2 Å². The van der Waals surface area contributed by atoms with Gasteiger partial charge in [0.25, 0.3) is 0 Å². The van der Waals surface area contributed by atoms with Crippen LogP contribution in [0.4, 0.5) is 5.69 Å². The van der Waals surface area contributed by atoms with Gasteiger partial charge in [-0.15, -0.1) is 0 Å². The summed E-state index contributed by atoms with van der Waals surface area (Å²) in [6, 6.07) is 4.68. The molecule has 0 bridgehead atoms. The highest BCUT2D eigenvalue weighted by molar-refractivity contribution is 5.45. The van der Waals surface area contributed by atoms with Crippen molar-refractivity contribution in [1.29, 1.82) is 0 Å². The maximum absolute atomic E-state index is 4.65. The largest absolute Gasteiger partial charge is 0.367 e. The number of nitrogens with zero attached hydrogens (tertiary/aromatic N) is 2. The number of pyridine rings is 1. The molecule has 1 atom stereocenters. The SMILES string of the molecule is C=C(C)CN(CC)c1ccc(C(CC)NCCC)nc1. The third kappa shape index (κ3) is 4.97. The van der Waals surface area contributed by atoms with Gasteiger partial charge in [-0.2, -0.15) is 0 Å². The van der Waals surface area contributed by atoms with Gasteiger partial charge in [0.1, 0.15) is 0 Å². The van der Waals surface area contributed by atoms with Crippen LogP contribution in [0, 0.1) is 0 Å². The third-order valence-electron chi connectivity index (χ3n) is 3.38. The number of nitrogens with one attached hydrogen (secondary N) is 1. The van der Waals surface area contributed by atoms with E-state index in [0.717, 1.165) is 38.2 Å². The van der Waals surface area contributed by atoms with Crippen molar-refractivity contribution in [3.63, 3.8) is 0 Å². The number of anilines is 1. The van der Waals surface area contributed by atoms with Crippen LogP contribution >= 0.6 is 0 Å². The highest BCUT2D eigenvalue weighted by Gasteiger charge is 2.11. The zero-order valence-electron chi connectivity index (χ0n) is 13.4. The van der Waals surface area contributed by atoms with Crippen LogP contribution in [-0.4, -0.2) is 24.6 Å². The highest BCUT2D eigenvalue weighted by atomic mass is 15.1. The van der Waals surface area contributed by atoms with E-state index in [2.05, 4.69) is 61.6 Å². The summed E-state index contributed by atoms with van der Waals surface area (Å²) in [6.45, 7) is 15.5. The second-order valence-electron chi connectivity index (χ2n) is 5.33. The molecule has 20 heavy (non-hydrogen) atoms. The van der Waals surface area contributed by atoms with Gasteiger partial charge in [0.2, 0.25) is 0 Å². The highest BCUT2D eigenvalue weighted by Crippen LogP contribution is 2.19. The molecule has 1 aromatic heterocycles. The van der Waals surface area contributed by atoms with E-state index >= 15 is 0 Å². The van der Waals surface area contributed by atoms with Gasteiger partial charge in [-0.3, -0.25) is 4.98 Å². The summed E-state index contributed by atoms with van der Waals surface area (Å²) < 4.78 is 0. The predicted octanol–water partition coefficient (Wildman–Crippen LogP) is 3.93. The van der Waals surface area contributed by atoms with Crippen molar-refractivity contribution in [3.8, 4) is 0 Å². The number of rotatable bonds is 9. The van der Waals surface area contributed by atoms with Crippen LogP contribution in [0.3, 0.4) is 0 Å². The van der Waals surface area contributed by atoms with Crippen LogP contribution in [-0.2, 0) is 0 Å². The minimum atomic E-state index is 0.361. The second-order valence-corrected chi connectivity index (χ2v) is 5.33. The first-order valence-corrected chi connectivity index (χ1v) is 7.70. The summed E-state index contributed by atoms with van der Waals surface area (Å²) >= 11 is 0. The molecule has 0 aliphatic rings. The minimum Gasteiger partial charge on any atom is -0.367 e. The Morgan fingerprint density at radius 2 is 2.10 bits per heavy atom. The van der Waals surface area contributed by atoms with Crippen molar-refractivity contribution in [1.82, 2.24) is 10.3 Å². The quantitative estimate of drug-likeness (QED) is 0.692. The Hall–Kier alpha value is -1.35. The van der Waals surface area contributed by atoms with Gasteiger partial charge in [-0.1, -0.05) is 26.0 Å². The van der Waals surface area contributed by atoms with E-state index in [-0.39, 0.29) is 0 Å². The summed E-state index contributed by atoms with van der Waals surface area (Å²) in [6.07, 6.45) is 4.20. The minimum absolute atomic E-state index is 0.361. The fourth-order valence-electron chi connectivity index (χ4n) is 2.28. The van der Waals surface area contributed by atoms with Crippen LogP contribution in [0.2, 0.25) is 0 Å². The molecule has 1 aromatic rings. The fraction of sp³-hybridized carbons (Fsp3) is 0.588. The lowest BCUT2D eigenvalue weighted by Gasteiger charge is -2.24. The van der Waals surface area contributed by atoms with Crippen LogP contribution in [0.25, 0.3) is 0 Å². The Morgan fingerprint density at radius 1 is 1.35 bits per heavy atom. The zero-order valence-corrected chi connectivity index (χ0v) is 13.4. The van der Waals surface area contributed by atoms with Crippen molar-refractivity contribution in [2.75, 3.05) is 24.5 Å². The maximum atomic E-state index is 4.65. The summed E-state index contributed by atoms with van der Waals surface area (Å²) in [5.41, 5.74) is 3.48. The molecule has 0 aromatic carbocycles. The first kappa shape index (κ1) is 16.7. The molecule has 1 heterocycles. The van der Waals surface area contributed by atoms with Gasteiger partial charge in [-0.25, -0.2) is 0 Å². The van der Waals surface area contributed by atoms with Crippen LogP contribution in [0.1, 0.15) is 52.3 Å². The lowest BCUT2D eigenvalue weighted by atomic mass is 10.1. The number of hydrogen-bond acceptors (Lipinski definition) is 3. The molecule has 3 heteroatoms. The summed E-state index contributed by atoms with van der Waals surface area (Å²) in [5.74, 6) is 0. The Kier molecular flexibility index (Phi) is 7.31. The van der Waals surface area contributed by atoms with E-state index < -0.39 is 0 Å². The van der Waals surface area contributed by atoms with Crippen molar-refractivity contribution in [3.05, 3.63) is 36.2 Å². The predicted molar refractivity (Wildman–Crippen MR) is 88.3 cm³/mol. The summed E-state index contributed by atoms with van der Waals surface area (Å²) in [4.78, 5) is 6.94. The molecule has 1 N–H and O–H groups in total. The zero-order chi connectivity index (χ0) is 15.0. The van der Waals surface area contributed by atoms with Crippen molar-refractivity contribution < 1.29 is 0 Å². The van der Waals surface area contributed by atoms with E-state index in [1.165, 1.54) is 11.3 Å². The topological polar surface area (TPSA) is 28.2 Å². The molecular formula is C17H29N3. The smallest absolute Gasteiger partial charge is 0.0574 e. The van der Waals surface area contributed by atoms with Gasteiger partial charge in [0.15, 0.2) is 0 Å². The monoisotopic (exact) mass is 275 g/mol. The van der Waals surface area contributed by atoms with E-state index in [1.54, 1.807) is 0 Å². The van der Waals surface area contributed by atoms with E-state index in [4.69, 9.17) is 0 Å². The summed E-state index contributed by atoms with van der Waals surface area (Å²) in [5, 5.41) is 3.54. The van der Waals surface area contributed by atoms with Gasteiger partial charge in [0.05, 0.1) is 17.6 Å². The normalized spacial score (nSPS) is 12.2. The second kappa shape index (κ2) is 8.75. The van der Waals surface area contributed by atoms with Crippen molar-refractivity contribution in [2.24, 2.45) is 0 Å². The standard InChI is InChI=1S/C17H29N3/c1-6-11-18-16(7-2)17-10-9-15(12-19-17)20(8-3)13-14(4)5/h9-10,12,16,18H,4,6-8,11,13H2,1-3,5H3. The number of aromatic nitrogens is 1. The Morgan fingerprint density at radius 3 is 2.55 bits per heavy atom. The molecule has 0 amide bonds. The van der Waals surface area contributed by atoms with Gasteiger partial charge in [0, 0.05) is 19.1 Å². The lowest BCUT2D eigenvalue weighted by molar-refractivity contribution is 0.507. The molecule has 0 fully saturated rings. The average Bonchev–Trinajstić information content (AvgIpc) is 2.46. The fourth-order valence-corrected chi connectivity index (χ4v) is 2.28. The molecule has 112 valence electrons. The summed E-state index contributed by atoms with van der Waals surface area (Å²) in [7, 11) is 0. The number of hydrogen-bond donors (Lipinski definition) is 1. The first-order chi connectivity index (χ1) is 9.62. The average molecular weight is 275 g/mol. The van der Waals surface area contributed by atoms with Crippen molar-refractivity contribution in [2.45, 2.75) is 46.6 Å². The maximum Gasteiger partial charge on any atom is 0.0574 e.